The van der Waals surface area contributed by atoms with Crippen molar-refractivity contribution in [2.24, 2.45) is 0 Å². The fraction of sp³-hybridized carbons (Fsp3) is 0.0714. The zero-order valence-electron chi connectivity index (χ0n) is 10.2. The van der Waals surface area contributed by atoms with Gasteiger partial charge in [0.05, 0.1) is 10.7 Å². The van der Waals surface area contributed by atoms with Crippen molar-refractivity contribution in [3.8, 4) is 0 Å². The topological polar surface area (TPSA) is 55.1 Å². The van der Waals surface area contributed by atoms with Gasteiger partial charge in [-0.3, -0.25) is 4.79 Å². The molecule has 0 spiro atoms. The average Bonchev–Trinajstić information content (AvgIpc) is 2.37. The highest BCUT2D eigenvalue weighted by atomic mass is 35.5. The van der Waals surface area contributed by atoms with E-state index in [2.05, 4.69) is 5.32 Å². The van der Waals surface area contributed by atoms with Gasteiger partial charge in [0, 0.05) is 11.3 Å². The van der Waals surface area contributed by atoms with E-state index in [1.165, 1.54) is 18.2 Å². The SMILES string of the molecule is Cc1ccc(N)cc1C(=O)Nc1c(F)cccc1Cl. The molecule has 0 radical (unpaired) electrons. The Hall–Kier alpha value is -2.07. The van der Waals surface area contributed by atoms with Crippen molar-refractivity contribution in [3.63, 3.8) is 0 Å². The lowest BCUT2D eigenvalue weighted by molar-refractivity contribution is 0.102. The molecule has 2 aromatic rings. The van der Waals surface area contributed by atoms with Crippen LogP contribution in [0.4, 0.5) is 15.8 Å². The second-order valence-corrected chi connectivity index (χ2v) is 4.53. The highest BCUT2D eigenvalue weighted by molar-refractivity contribution is 6.34. The van der Waals surface area contributed by atoms with Crippen molar-refractivity contribution < 1.29 is 9.18 Å². The van der Waals surface area contributed by atoms with E-state index in [1.807, 2.05) is 0 Å². The van der Waals surface area contributed by atoms with Crippen LogP contribution in [-0.4, -0.2) is 5.91 Å². The van der Waals surface area contributed by atoms with Gasteiger partial charge in [-0.1, -0.05) is 23.7 Å². The molecule has 0 aliphatic rings. The fourth-order valence-corrected chi connectivity index (χ4v) is 1.89. The van der Waals surface area contributed by atoms with E-state index < -0.39 is 11.7 Å². The van der Waals surface area contributed by atoms with Crippen LogP contribution in [0.2, 0.25) is 5.02 Å². The summed E-state index contributed by atoms with van der Waals surface area (Å²) in [5, 5.41) is 2.61. The van der Waals surface area contributed by atoms with Crippen molar-refractivity contribution >= 4 is 28.9 Å². The van der Waals surface area contributed by atoms with E-state index in [0.29, 0.717) is 11.3 Å². The molecule has 0 aliphatic carbocycles. The average molecular weight is 279 g/mol. The van der Waals surface area contributed by atoms with Crippen LogP contribution >= 0.6 is 11.6 Å². The molecule has 0 saturated carbocycles. The summed E-state index contributed by atoms with van der Waals surface area (Å²) in [5.41, 5.74) is 7.21. The maximum Gasteiger partial charge on any atom is 0.256 e. The van der Waals surface area contributed by atoms with Gasteiger partial charge in [0.1, 0.15) is 5.82 Å². The van der Waals surface area contributed by atoms with Crippen molar-refractivity contribution in [3.05, 3.63) is 58.4 Å². The molecule has 0 heterocycles. The standard InChI is InChI=1S/C14H12ClFN2O/c1-8-5-6-9(17)7-10(8)14(19)18-13-11(15)3-2-4-12(13)16/h2-7H,17H2,1H3,(H,18,19). The molecule has 3 nitrogen and oxygen atoms in total. The minimum Gasteiger partial charge on any atom is -0.399 e. The first kappa shape index (κ1) is 13.4. The number of benzene rings is 2. The Bertz CT molecular complexity index is 623. The van der Waals surface area contributed by atoms with Crippen LogP contribution in [0.1, 0.15) is 15.9 Å². The number of hydrogen-bond donors (Lipinski definition) is 2. The number of hydrogen-bond acceptors (Lipinski definition) is 2. The van der Waals surface area contributed by atoms with Crippen molar-refractivity contribution in [2.75, 3.05) is 11.1 Å². The third-order valence-electron chi connectivity index (χ3n) is 2.71. The van der Waals surface area contributed by atoms with Crippen LogP contribution in [0.25, 0.3) is 0 Å². The lowest BCUT2D eigenvalue weighted by Gasteiger charge is -2.10. The van der Waals surface area contributed by atoms with Crippen LogP contribution in [0.15, 0.2) is 36.4 Å². The van der Waals surface area contributed by atoms with E-state index in [9.17, 15) is 9.18 Å². The maximum atomic E-state index is 13.6. The van der Waals surface area contributed by atoms with Gasteiger partial charge in [-0.2, -0.15) is 0 Å². The van der Waals surface area contributed by atoms with Crippen LogP contribution in [0.3, 0.4) is 0 Å². The molecule has 98 valence electrons. The van der Waals surface area contributed by atoms with Crippen molar-refractivity contribution in [2.45, 2.75) is 6.92 Å². The normalized spacial score (nSPS) is 10.3. The maximum absolute atomic E-state index is 13.6. The Balaban J connectivity index is 2.34. The molecule has 0 aromatic heterocycles. The number of nitrogens with one attached hydrogen (secondary N) is 1. The first-order chi connectivity index (χ1) is 8.99. The van der Waals surface area contributed by atoms with Crippen LogP contribution in [0, 0.1) is 12.7 Å². The predicted octanol–water partition coefficient (Wildman–Crippen LogP) is 3.62. The smallest absolute Gasteiger partial charge is 0.256 e. The van der Waals surface area contributed by atoms with Gasteiger partial charge < -0.3 is 11.1 Å². The van der Waals surface area contributed by atoms with Crippen molar-refractivity contribution in [1.82, 2.24) is 0 Å². The number of aryl methyl sites for hydroxylation is 1. The summed E-state index contributed by atoms with van der Waals surface area (Å²) < 4.78 is 13.6. The molecule has 1 amide bonds. The highest BCUT2D eigenvalue weighted by Gasteiger charge is 2.14. The fourth-order valence-electron chi connectivity index (χ4n) is 1.68. The first-order valence-electron chi connectivity index (χ1n) is 5.60. The second kappa shape index (κ2) is 5.28. The second-order valence-electron chi connectivity index (χ2n) is 4.13. The molecule has 0 aliphatic heterocycles. The summed E-state index contributed by atoms with van der Waals surface area (Å²) in [6, 6.07) is 9.17. The number of nitrogens with two attached hydrogens (primary N) is 1. The van der Waals surface area contributed by atoms with Gasteiger partial charge in [-0.25, -0.2) is 4.39 Å². The molecule has 5 heteroatoms. The summed E-state index contributed by atoms with van der Waals surface area (Å²) >= 11 is 5.85. The summed E-state index contributed by atoms with van der Waals surface area (Å²) in [6.07, 6.45) is 0. The number of anilines is 2. The summed E-state index contributed by atoms with van der Waals surface area (Å²) in [7, 11) is 0. The van der Waals surface area contributed by atoms with Crippen LogP contribution in [-0.2, 0) is 0 Å². The number of rotatable bonds is 2. The number of amides is 1. The molecule has 0 atom stereocenters. The van der Waals surface area contributed by atoms with Gasteiger partial charge in [-0.15, -0.1) is 0 Å². The molecule has 0 fully saturated rings. The Morgan fingerprint density at radius 2 is 2.05 bits per heavy atom. The predicted molar refractivity (Wildman–Crippen MR) is 75.0 cm³/mol. The first-order valence-corrected chi connectivity index (χ1v) is 5.98. The number of halogens is 2. The monoisotopic (exact) mass is 278 g/mol. The quantitative estimate of drug-likeness (QED) is 0.824. The van der Waals surface area contributed by atoms with Gasteiger partial charge in [0.25, 0.3) is 5.91 Å². The molecule has 19 heavy (non-hydrogen) atoms. The zero-order valence-corrected chi connectivity index (χ0v) is 11.0. The molecule has 0 saturated heterocycles. The molecule has 0 unspecified atom stereocenters. The van der Waals surface area contributed by atoms with Gasteiger partial charge in [0.2, 0.25) is 0 Å². The largest absolute Gasteiger partial charge is 0.399 e. The minimum atomic E-state index is -0.581. The third-order valence-corrected chi connectivity index (χ3v) is 3.02. The van der Waals surface area contributed by atoms with E-state index in [-0.39, 0.29) is 10.7 Å². The number of carbonyl (C=O) groups excluding carboxylic acids is 1. The summed E-state index contributed by atoms with van der Waals surface area (Å²) in [5.74, 6) is -1.03. The van der Waals surface area contributed by atoms with Crippen molar-refractivity contribution in [1.29, 1.82) is 0 Å². The third kappa shape index (κ3) is 2.85. The zero-order chi connectivity index (χ0) is 14.0. The van der Waals surface area contributed by atoms with Gasteiger partial charge in [-0.05, 0) is 36.8 Å². The molecule has 3 N–H and O–H groups in total. The van der Waals surface area contributed by atoms with E-state index in [1.54, 1.807) is 25.1 Å². The van der Waals surface area contributed by atoms with Crippen LogP contribution < -0.4 is 11.1 Å². The molecule has 0 bridgehead atoms. The Kier molecular flexibility index (Phi) is 3.71. The Morgan fingerprint density at radius 3 is 2.74 bits per heavy atom. The number of para-hydroxylation sites is 1. The molecule has 2 rings (SSSR count). The summed E-state index contributed by atoms with van der Waals surface area (Å²) in [6.45, 7) is 1.78. The lowest BCUT2D eigenvalue weighted by Crippen LogP contribution is -2.15. The Labute approximate surface area is 115 Å². The number of carbonyl (C=O) groups is 1. The lowest BCUT2D eigenvalue weighted by atomic mass is 10.1. The highest BCUT2D eigenvalue weighted by Crippen LogP contribution is 2.25. The summed E-state index contributed by atoms with van der Waals surface area (Å²) in [4.78, 5) is 12.1. The van der Waals surface area contributed by atoms with E-state index >= 15 is 0 Å². The van der Waals surface area contributed by atoms with Crippen LogP contribution in [0.5, 0.6) is 0 Å². The van der Waals surface area contributed by atoms with Gasteiger partial charge >= 0.3 is 0 Å². The van der Waals surface area contributed by atoms with Gasteiger partial charge in [0.15, 0.2) is 0 Å². The number of nitrogen functional groups attached to an aromatic ring is 1. The van der Waals surface area contributed by atoms with E-state index in [0.717, 1.165) is 5.56 Å². The molecular weight excluding hydrogens is 267 g/mol. The minimum absolute atomic E-state index is 0.0315. The Morgan fingerprint density at radius 1 is 1.32 bits per heavy atom. The molecular formula is C14H12ClFN2O. The molecule has 2 aromatic carbocycles. The van der Waals surface area contributed by atoms with E-state index in [4.69, 9.17) is 17.3 Å².